The number of hydrogen-bond donors (Lipinski definition) is 0. The Labute approximate surface area is 121 Å². The number of halogens is 1. The Morgan fingerprint density at radius 1 is 1.37 bits per heavy atom. The molecule has 0 saturated carbocycles. The minimum atomic E-state index is 0.195. The predicted octanol–water partition coefficient (Wildman–Crippen LogP) is 3.90. The van der Waals surface area contributed by atoms with Crippen molar-refractivity contribution >= 4 is 15.9 Å². The number of aromatic nitrogens is 3. The Kier molecular flexibility index (Phi) is 4.58. The number of hydrogen-bond acceptors (Lipinski definition) is 3. The molecule has 4 nitrogen and oxygen atoms in total. The summed E-state index contributed by atoms with van der Waals surface area (Å²) < 4.78 is 7.57. The van der Waals surface area contributed by atoms with Gasteiger partial charge >= 0.3 is 0 Å². The van der Waals surface area contributed by atoms with Gasteiger partial charge in [0.2, 0.25) is 0 Å². The molecule has 0 bridgehead atoms. The van der Waals surface area contributed by atoms with Crippen molar-refractivity contribution in [1.82, 2.24) is 15.0 Å². The lowest BCUT2D eigenvalue weighted by Gasteiger charge is -2.13. The highest BCUT2D eigenvalue weighted by Gasteiger charge is 2.08. The van der Waals surface area contributed by atoms with Crippen LogP contribution in [0.15, 0.2) is 30.5 Å². The van der Waals surface area contributed by atoms with Gasteiger partial charge in [-0.25, -0.2) is 4.68 Å². The molecule has 0 aliphatic rings. The van der Waals surface area contributed by atoms with E-state index in [4.69, 9.17) is 4.74 Å². The van der Waals surface area contributed by atoms with Crippen LogP contribution in [0, 0.1) is 0 Å². The zero-order valence-corrected chi connectivity index (χ0v) is 13.0. The molecule has 0 amide bonds. The molecule has 0 aliphatic heterocycles. The molecular formula is C14H18BrN3O. The van der Waals surface area contributed by atoms with E-state index in [1.165, 1.54) is 0 Å². The van der Waals surface area contributed by atoms with E-state index in [0.29, 0.717) is 0 Å². The summed E-state index contributed by atoms with van der Waals surface area (Å²) in [7, 11) is 0. The van der Waals surface area contributed by atoms with E-state index in [1.807, 2.05) is 37.4 Å². The number of benzene rings is 1. The van der Waals surface area contributed by atoms with Crippen LogP contribution in [-0.2, 0) is 0 Å². The third kappa shape index (κ3) is 3.56. The van der Waals surface area contributed by atoms with E-state index in [0.717, 1.165) is 23.6 Å². The van der Waals surface area contributed by atoms with Crippen molar-refractivity contribution in [2.45, 2.75) is 38.1 Å². The van der Waals surface area contributed by atoms with Gasteiger partial charge in [-0.1, -0.05) is 34.1 Å². The summed E-state index contributed by atoms with van der Waals surface area (Å²) in [6.07, 6.45) is 3.12. The van der Waals surface area contributed by atoms with Gasteiger partial charge in [-0.05, 0) is 32.4 Å². The lowest BCUT2D eigenvalue weighted by atomic mass is 10.2. The van der Waals surface area contributed by atoms with Crippen molar-refractivity contribution in [2.24, 2.45) is 0 Å². The van der Waals surface area contributed by atoms with E-state index in [-0.39, 0.29) is 10.9 Å². The first kappa shape index (κ1) is 14.1. The third-order valence-electron chi connectivity index (χ3n) is 2.91. The molecule has 5 heteroatoms. The maximum atomic E-state index is 5.81. The molecule has 0 radical (unpaired) electrons. The highest BCUT2D eigenvalue weighted by molar-refractivity contribution is 9.09. The second-order valence-corrected chi connectivity index (χ2v) is 5.91. The number of rotatable bonds is 5. The SMILES string of the molecule is CCC(C)Oc1cccc(-n2cc(C(C)Br)nn2)c1. The van der Waals surface area contributed by atoms with Crippen LogP contribution in [-0.4, -0.2) is 21.1 Å². The normalized spacial score (nSPS) is 14.1. The molecule has 1 aromatic carbocycles. The molecule has 2 atom stereocenters. The molecular weight excluding hydrogens is 306 g/mol. The van der Waals surface area contributed by atoms with Crippen molar-refractivity contribution in [3.8, 4) is 11.4 Å². The Hall–Kier alpha value is -1.36. The summed E-state index contributed by atoms with van der Waals surface area (Å²) in [6.45, 7) is 6.19. The average Bonchev–Trinajstić information content (AvgIpc) is 2.88. The second-order valence-electron chi connectivity index (χ2n) is 4.54. The highest BCUT2D eigenvalue weighted by Crippen LogP contribution is 2.21. The molecule has 2 rings (SSSR count). The highest BCUT2D eigenvalue weighted by atomic mass is 79.9. The largest absolute Gasteiger partial charge is 0.491 e. The average molecular weight is 324 g/mol. The third-order valence-corrected chi connectivity index (χ3v) is 3.38. The van der Waals surface area contributed by atoms with Gasteiger partial charge in [-0.15, -0.1) is 5.10 Å². The zero-order valence-electron chi connectivity index (χ0n) is 11.4. The molecule has 0 fully saturated rings. The number of ether oxygens (including phenoxy) is 1. The Morgan fingerprint density at radius 3 is 2.79 bits per heavy atom. The van der Waals surface area contributed by atoms with Crippen LogP contribution in [0.2, 0.25) is 0 Å². The molecule has 0 saturated heterocycles. The first-order chi connectivity index (χ1) is 9.10. The smallest absolute Gasteiger partial charge is 0.121 e. The fourth-order valence-corrected chi connectivity index (χ4v) is 1.81. The van der Waals surface area contributed by atoms with E-state index < -0.39 is 0 Å². The van der Waals surface area contributed by atoms with Crippen molar-refractivity contribution in [2.75, 3.05) is 0 Å². The summed E-state index contributed by atoms with van der Waals surface area (Å²) in [5.41, 5.74) is 1.86. The van der Waals surface area contributed by atoms with Gasteiger partial charge in [0.25, 0.3) is 0 Å². The molecule has 0 aliphatic carbocycles. The van der Waals surface area contributed by atoms with Crippen molar-refractivity contribution < 1.29 is 4.74 Å². The van der Waals surface area contributed by atoms with E-state index in [2.05, 4.69) is 40.1 Å². The van der Waals surface area contributed by atoms with Crippen molar-refractivity contribution in [3.05, 3.63) is 36.2 Å². The minimum absolute atomic E-state index is 0.195. The maximum absolute atomic E-state index is 5.81. The molecule has 2 unspecified atom stereocenters. The summed E-state index contributed by atoms with van der Waals surface area (Å²) in [5, 5.41) is 8.25. The fraction of sp³-hybridized carbons (Fsp3) is 0.429. The summed E-state index contributed by atoms with van der Waals surface area (Å²) in [4.78, 5) is 0.195. The summed E-state index contributed by atoms with van der Waals surface area (Å²) >= 11 is 3.48. The van der Waals surface area contributed by atoms with E-state index in [9.17, 15) is 0 Å². The van der Waals surface area contributed by atoms with Crippen LogP contribution in [0.3, 0.4) is 0 Å². The molecule has 102 valence electrons. The molecule has 2 aromatic rings. The Morgan fingerprint density at radius 2 is 2.16 bits per heavy atom. The molecule has 1 heterocycles. The van der Waals surface area contributed by atoms with Crippen LogP contribution in [0.25, 0.3) is 5.69 Å². The molecule has 0 spiro atoms. The van der Waals surface area contributed by atoms with Crippen LogP contribution >= 0.6 is 15.9 Å². The van der Waals surface area contributed by atoms with Crippen molar-refractivity contribution in [1.29, 1.82) is 0 Å². The monoisotopic (exact) mass is 323 g/mol. The van der Waals surface area contributed by atoms with Gasteiger partial charge in [-0.3, -0.25) is 0 Å². The standard InChI is InChI=1S/C14H18BrN3O/c1-4-10(2)19-13-7-5-6-12(8-13)18-9-14(11(3)15)16-17-18/h5-11H,4H2,1-3H3. The maximum Gasteiger partial charge on any atom is 0.121 e. The Bertz CT molecular complexity index is 539. The first-order valence-electron chi connectivity index (χ1n) is 6.43. The lowest BCUT2D eigenvalue weighted by Crippen LogP contribution is -2.09. The van der Waals surface area contributed by atoms with E-state index in [1.54, 1.807) is 4.68 Å². The summed E-state index contributed by atoms with van der Waals surface area (Å²) in [5.74, 6) is 0.857. The van der Waals surface area contributed by atoms with Gasteiger partial charge < -0.3 is 4.74 Å². The van der Waals surface area contributed by atoms with Gasteiger partial charge in [0.1, 0.15) is 5.75 Å². The van der Waals surface area contributed by atoms with E-state index >= 15 is 0 Å². The topological polar surface area (TPSA) is 39.9 Å². The van der Waals surface area contributed by atoms with Crippen LogP contribution in [0.4, 0.5) is 0 Å². The Balaban J connectivity index is 2.22. The zero-order chi connectivity index (χ0) is 13.8. The quantitative estimate of drug-likeness (QED) is 0.783. The number of nitrogens with zero attached hydrogens (tertiary/aromatic N) is 3. The molecule has 0 N–H and O–H groups in total. The summed E-state index contributed by atoms with van der Waals surface area (Å²) in [6, 6.07) is 7.89. The minimum Gasteiger partial charge on any atom is -0.491 e. The first-order valence-corrected chi connectivity index (χ1v) is 7.35. The molecule has 19 heavy (non-hydrogen) atoms. The van der Waals surface area contributed by atoms with Gasteiger partial charge in [0.05, 0.1) is 28.5 Å². The van der Waals surface area contributed by atoms with Crippen LogP contribution < -0.4 is 4.74 Å². The van der Waals surface area contributed by atoms with Gasteiger partial charge in [0.15, 0.2) is 0 Å². The van der Waals surface area contributed by atoms with Gasteiger partial charge in [-0.2, -0.15) is 0 Å². The van der Waals surface area contributed by atoms with Crippen LogP contribution in [0.1, 0.15) is 37.7 Å². The second kappa shape index (κ2) is 6.19. The molecule has 1 aromatic heterocycles. The van der Waals surface area contributed by atoms with Crippen LogP contribution in [0.5, 0.6) is 5.75 Å². The predicted molar refractivity (Wildman–Crippen MR) is 79.1 cm³/mol. The lowest BCUT2D eigenvalue weighted by molar-refractivity contribution is 0.217. The number of alkyl halides is 1. The van der Waals surface area contributed by atoms with Crippen molar-refractivity contribution in [3.63, 3.8) is 0 Å². The van der Waals surface area contributed by atoms with Gasteiger partial charge in [0, 0.05) is 6.07 Å². The fourth-order valence-electron chi connectivity index (χ4n) is 1.60.